The molecule has 0 atom stereocenters. The Morgan fingerprint density at radius 3 is 2.33 bits per heavy atom. The van der Waals surface area contributed by atoms with Gasteiger partial charge < -0.3 is 0 Å². The van der Waals surface area contributed by atoms with Crippen molar-refractivity contribution in [1.82, 2.24) is 14.5 Å². The summed E-state index contributed by atoms with van der Waals surface area (Å²) in [7, 11) is -3.33. The average Bonchev–Trinajstić information content (AvgIpc) is 2.96. The molecule has 0 fully saturated rings. The Labute approximate surface area is 149 Å². The van der Waals surface area contributed by atoms with Crippen LogP contribution < -0.4 is 0 Å². The lowest BCUT2D eigenvalue weighted by Gasteiger charge is -2.09. The highest BCUT2D eigenvalue weighted by Crippen LogP contribution is 2.30. The molecule has 0 aliphatic carbocycles. The van der Waals surface area contributed by atoms with Gasteiger partial charge in [-0.3, -0.25) is 4.57 Å². The van der Waals surface area contributed by atoms with Crippen LogP contribution >= 0.6 is 23.4 Å². The fraction of sp³-hybridized carbons (Fsp3) is 0.125. The van der Waals surface area contributed by atoms with Crippen LogP contribution in [-0.4, -0.2) is 35.5 Å². The van der Waals surface area contributed by atoms with E-state index in [1.165, 1.54) is 12.3 Å². The largest absolute Gasteiger partial charge is 0.296 e. The Balaban J connectivity index is 2.06. The molecule has 0 saturated carbocycles. The van der Waals surface area contributed by atoms with Crippen LogP contribution in [0.4, 0.5) is 0 Å². The molecule has 0 aliphatic heterocycles. The van der Waals surface area contributed by atoms with E-state index in [-0.39, 0.29) is 5.03 Å². The predicted octanol–water partition coefficient (Wildman–Crippen LogP) is 3.71. The lowest BCUT2D eigenvalue weighted by atomic mass is 10.1. The molecule has 0 amide bonds. The van der Waals surface area contributed by atoms with E-state index in [0.29, 0.717) is 10.8 Å². The minimum absolute atomic E-state index is 0.0309. The third kappa shape index (κ3) is 3.33. The summed E-state index contributed by atoms with van der Waals surface area (Å²) in [6.07, 6.45) is 6.23. The van der Waals surface area contributed by atoms with Crippen molar-refractivity contribution in [1.29, 1.82) is 0 Å². The van der Waals surface area contributed by atoms with Gasteiger partial charge in [-0.25, -0.2) is 18.4 Å². The molecule has 0 bridgehead atoms. The average molecular weight is 380 g/mol. The van der Waals surface area contributed by atoms with Crippen molar-refractivity contribution in [2.75, 3.05) is 12.5 Å². The van der Waals surface area contributed by atoms with Gasteiger partial charge in [0, 0.05) is 16.7 Å². The number of benzene rings is 1. The van der Waals surface area contributed by atoms with E-state index in [2.05, 4.69) is 9.97 Å². The van der Waals surface area contributed by atoms with Crippen molar-refractivity contribution in [3.05, 3.63) is 54.1 Å². The predicted molar refractivity (Wildman–Crippen MR) is 96.7 cm³/mol. The molecule has 3 rings (SSSR count). The Morgan fingerprint density at radius 1 is 1.08 bits per heavy atom. The molecule has 0 N–H and O–H groups in total. The van der Waals surface area contributed by atoms with Crippen molar-refractivity contribution in [2.45, 2.75) is 9.92 Å². The van der Waals surface area contributed by atoms with Gasteiger partial charge in [0.2, 0.25) is 0 Å². The smallest absolute Gasteiger partial charge is 0.192 e. The first-order valence-corrected chi connectivity index (χ1v) is 10.4. The minimum Gasteiger partial charge on any atom is -0.296 e. The molecule has 24 heavy (non-hydrogen) atoms. The van der Waals surface area contributed by atoms with Crippen molar-refractivity contribution in [3.8, 4) is 16.9 Å². The van der Waals surface area contributed by atoms with Crippen LogP contribution in [0, 0.1) is 0 Å². The second kappa shape index (κ2) is 6.58. The number of hydrogen-bond donors (Lipinski definition) is 0. The maximum atomic E-state index is 11.5. The summed E-state index contributed by atoms with van der Waals surface area (Å²) in [5, 5.41) is 0.405. The Morgan fingerprint density at radius 2 is 1.79 bits per heavy atom. The molecule has 1 aromatic carbocycles. The van der Waals surface area contributed by atoms with E-state index in [9.17, 15) is 8.42 Å². The van der Waals surface area contributed by atoms with Gasteiger partial charge in [0.15, 0.2) is 20.0 Å². The Hall–Kier alpha value is -1.83. The normalized spacial score (nSPS) is 11.6. The fourth-order valence-electron chi connectivity index (χ4n) is 2.26. The molecule has 5 nitrogen and oxygen atoms in total. The number of imidazole rings is 1. The highest BCUT2D eigenvalue weighted by Gasteiger charge is 2.14. The van der Waals surface area contributed by atoms with Crippen LogP contribution in [0.3, 0.4) is 0 Å². The number of thioether (sulfide) groups is 1. The molecular weight excluding hydrogens is 366 g/mol. The van der Waals surface area contributed by atoms with Crippen LogP contribution in [0.2, 0.25) is 5.15 Å². The van der Waals surface area contributed by atoms with E-state index >= 15 is 0 Å². The van der Waals surface area contributed by atoms with E-state index in [1.807, 2.05) is 30.5 Å². The van der Waals surface area contributed by atoms with Gasteiger partial charge in [0.25, 0.3) is 0 Å². The summed E-state index contributed by atoms with van der Waals surface area (Å²) in [6.45, 7) is 0. The lowest BCUT2D eigenvalue weighted by molar-refractivity contribution is 0.598. The van der Waals surface area contributed by atoms with E-state index in [4.69, 9.17) is 11.6 Å². The van der Waals surface area contributed by atoms with E-state index < -0.39 is 9.84 Å². The summed E-state index contributed by atoms with van der Waals surface area (Å²) in [4.78, 5) is 9.33. The van der Waals surface area contributed by atoms with Crippen LogP contribution in [0.1, 0.15) is 0 Å². The third-order valence-electron chi connectivity index (χ3n) is 3.47. The third-order valence-corrected chi connectivity index (χ3v) is 5.49. The second-order valence-electron chi connectivity index (χ2n) is 5.11. The molecular formula is C16H14ClN3O2S2. The van der Waals surface area contributed by atoms with E-state index in [0.717, 1.165) is 22.4 Å². The van der Waals surface area contributed by atoms with Gasteiger partial charge in [-0.1, -0.05) is 23.7 Å². The first kappa shape index (κ1) is 17.0. The van der Waals surface area contributed by atoms with Crippen LogP contribution in [-0.2, 0) is 9.84 Å². The standard InChI is InChI=1S/C16H14ClN3O2S2/c1-23-13-6-3-11(4-7-13)15-16(17)19-10-20(15)12-5-8-14(18-9-12)24(2,21)22/h3-10H,1-2H3. The van der Waals surface area contributed by atoms with Crippen LogP contribution in [0.25, 0.3) is 16.9 Å². The highest BCUT2D eigenvalue weighted by atomic mass is 35.5. The molecule has 2 heterocycles. The SMILES string of the molecule is CSc1ccc(-c2c(Cl)ncn2-c2ccc(S(C)(=O)=O)nc2)cc1. The summed E-state index contributed by atoms with van der Waals surface area (Å²) in [5.41, 5.74) is 2.34. The van der Waals surface area contributed by atoms with Gasteiger partial charge in [-0.2, -0.15) is 0 Å². The molecule has 0 spiro atoms. The van der Waals surface area contributed by atoms with Crippen molar-refractivity contribution >= 4 is 33.2 Å². The summed E-state index contributed by atoms with van der Waals surface area (Å²) < 4.78 is 24.8. The molecule has 2 aromatic heterocycles. The second-order valence-corrected chi connectivity index (χ2v) is 8.31. The van der Waals surface area contributed by atoms with Crippen LogP contribution in [0.5, 0.6) is 0 Å². The summed E-state index contributed by atoms with van der Waals surface area (Å²) >= 11 is 7.91. The Kier molecular flexibility index (Phi) is 4.67. The van der Waals surface area contributed by atoms with Gasteiger partial charge >= 0.3 is 0 Å². The zero-order valence-corrected chi connectivity index (χ0v) is 15.4. The molecule has 0 unspecified atom stereocenters. The molecule has 0 saturated heterocycles. The number of nitrogens with zero attached hydrogens (tertiary/aromatic N) is 3. The highest BCUT2D eigenvalue weighted by molar-refractivity contribution is 7.98. The topological polar surface area (TPSA) is 64.8 Å². The van der Waals surface area contributed by atoms with Gasteiger partial charge in [0.05, 0.1) is 17.6 Å². The summed E-state index contributed by atoms with van der Waals surface area (Å²) in [6, 6.07) is 11.1. The number of hydrogen-bond acceptors (Lipinski definition) is 5. The molecule has 3 aromatic rings. The van der Waals surface area contributed by atoms with Gasteiger partial charge in [-0.05, 0) is 30.5 Å². The number of pyridine rings is 1. The fourth-order valence-corrected chi connectivity index (χ4v) is 3.48. The first-order valence-electron chi connectivity index (χ1n) is 6.94. The first-order chi connectivity index (χ1) is 11.4. The number of aromatic nitrogens is 3. The number of halogens is 1. The van der Waals surface area contributed by atoms with Crippen molar-refractivity contribution in [2.24, 2.45) is 0 Å². The maximum absolute atomic E-state index is 11.5. The zero-order valence-electron chi connectivity index (χ0n) is 13.0. The van der Waals surface area contributed by atoms with Gasteiger partial charge in [-0.15, -0.1) is 11.8 Å². The maximum Gasteiger partial charge on any atom is 0.192 e. The van der Waals surface area contributed by atoms with Gasteiger partial charge in [0.1, 0.15) is 6.33 Å². The molecule has 0 radical (unpaired) electrons. The van der Waals surface area contributed by atoms with Crippen LogP contribution in [0.15, 0.2) is 58.8 Å². The van der Waals surface area contributed by atoms with Crippen molar-refractivity contribution in [3.63, 3.8) is 0 Å². The monoisotopic (exact) mass is 379 g/mol. The van der Waals surface area contributed by atoms with Crippen molar-refractivity contribution < 1.29 is 8.42 Å². The molecule has 8 heteroatoms. The Bertz CT molecular complexity index is 966. The number of rotatable bonds is 4. The zero-order chi connectivity index (χ0) is 17.3. The summed E-state index contributed by atoms with van der Waals surface area (Å²) in [5.74, 6) is 0. The van der Waals surface area contributed by atoms with E-state index in [1.54, 1.807) is 28.7 Å². The molecule has 124 valence electrons. The minimum atomic E-state index is -3.33. The quantitative estimate of drug-likeness (QED) is 0.646. The lowest BCUT2D eigenvalue weighted by Crippen LogP contribution is -2.02. The molecule has 0 aliphatic rings. The number of sulfone groups is 1.